The van der Waals surface area contributed by atoms with Gasteiger partial charge in [-0.3, -0.25) is 4.79 Å². The average molecular weight is 519 g/mol. The molecule has 0 N–H and O–H groups in total. The SMILES string of the molecule is COC(=O)c1nnn(Cc2ccc(OC)cc2)c1O[C@H]1CC[C@H](c2ccc(C(=O)/C=C/N(C)C)cc2)CC1. The predicted octanol–water partition coefficient (Wildman–Crippen LogP) is 4.48. The standard InChI is InChI=1S/C29H34N4O5/c1-32(2)18-17-26(34)23-9-7-21(8-10-23)22-11-15-25(16-12-22)38-28-27(29(35)37-4)30-31-33(28)19-20-5-13-24(36-3)14-6-20/h5-10,13-14,17-18,22,25H,11-12,15-16,19H2,1-4H3/b18-17+/t22-,25-. The fourth-order valence-electron chi connectivity index (χ4n) is 4.56. The summed E-state index contributed by atoms with van der Waals surface area (Å²) in [7, 11) is 6.71. The molecule has 1 saturated carbocycles. The Morgan fingerprint density at radius 2 is 1.68 bits per heavy atom. The molecular weight excluding hydrogens is 484 g/mol. The highest BCUT2D eigenvalue weighted by Crippen LogP contribution is 2.35. The first-order valence-electron chi connectivity index (χ1n) is 12.7. The van der Waals surface area contributed by atoms with Crippen molar-refractivity contribution in [3.63, 3.8) is 0 Å². The van der Waals surface area contributed by atoms with Crippen molar-refractivity contribution in [2.75, 3.05) is 28.3 Å². The molecule has 0 spiro atoms. The number of carbonyl (C=O) groups is 2. The fourth-order valence-corrected chi connectivity index (χ4v) is 4.56. The summed E-state index contributed by atoms with van der Waals surface area (Å²) < 4.78 is 18.1. The maximum absolute atomic E-state index is 12.3. The summed E-state index contributed by atoms with van der Waals surface area (Å²) in [5.41, 5.74) is 2.95. The highest BCUT2D eigenvalue weighted by atomic mass is 16.5. The number of hydrogen-bond acceptors (Lipinski definition) is 8. The number of carbonyl (C=O) groups excluding carboxylic acids is 2. The molecule has 9 heteroatoms. The van der Waals surface area contributed by atoms with E-state index in [1.807, 2.05) is 67.5 Å². The van der Waals surface area contributed by atoms with Gasteiger partial charge in [-0.15, -0.1) is 5.10 Å². The molecule has 0 unspecified atom stereocenters. The van der Waals surface area contributed by atoms with Crippen LogP contribution in [0.4, 0.5) is 0 Å². The number of aromatic nitrogens is 3. The van der Waals surface area contributed by atoms with E-state index in [4.69, 9.17) is 14.2 Å². The van der Waals surface area contributed by atoms with Crippen LogP contribution in [0, 0.1) is 0 Å². The van der Waals surface area contributed by atoms with Gasteiger partial charge in [-0.1, -0.05) is 41.6 Å². The highest BCUT2D eigenvalue weighted by Gasteiger charge is 2.29. The van der Waals surface area contributed by atoms with E-state index in [0.29, 0.717) is 23.9 Å². The third-order valence-electron chi connectivity index (χ3n) is 6.70. The molecule has 1 aromatic heterocycles. The molecule has 0 aliphatic heterocycles. The minimum Gasteiger partial charge on any atom is -0.497 e. The van der Waals surface area contributed by atoms with Crippen molar-refractivity contribution in [3.05, 3.63) is 83.2 Å². The van der Waals surface area contributed by atoms with Crippen LogP contribution in [-0.4, -0.2) is 66.1 Å². The summed E-state index contributed by atoms with van der Waals surface area (Å²) in [6.07, 6.45) is 6.78. The third kappa shape index (κ3) is 6.59. The van der Waals surface area contributed by atoms with Crippen LogP contribution in [0.5, 0.6) is 11.6 Å². The smallest absolute Gasteiger partial charge is 0.364 e. The second-order valence-corrected chi connectivity index (χ2v) is 9.60. The largest absolute Gasteiger partial charge is 0.497 e. The van der Waals surface area contributed by atoms with Crippen molar-refractivity contribution in [2.45, 2.75) is 44.2 Å². The van der Waals surface area contributed by atoms with Crippen LogP contribution in [0.3, 0.4) is 0 Å². The van der Waals surface area contributed by atoms with E-state index in [0.717, 1.165) is 37.0 Å². The van der Waals surface area contributed by atoms with Crippen molar-refractivity contribution >= 4 is 11.8 Å². The van der Waals surface area contributed by atoms with Crippen LogP contribution < -0.4 is 9.47 Å². The van der Waals surface area contributed by atoms with Crippen molar-refractivity contribution in [1.82, 2.24) is 19.9 Å². The molecule has 1 fully saturated rings. The minimum atomic E-state index is -0.579. The van der Waals surface area contributed by atoms with Gasteiger partial charge in [0.25, 0.3) is 0 Å². The van der Waals surface area contributed by atoms with E-state index < -0.39 is 5.97 Å². The lowest BCUT2D eigenvalue weighted by atomic mass is 9.82. The Bertz CT molecular complexity index is 1260. The van der Waals surface area contributed by atoms with E-state index in [1.54, 1.807) is 24.1 Å². The minimum absolute atomic E-state index is 0.0105. The molecule has 0 amide bonds. The first-order chi connectivity index (χ1) is 18.4. The summed E-state index contributed by atoms with van der Waals surface area (Å²) in [6.45, 7) is 0.396. The highest BCUT2D eigenvalue weighted by molar-refractivity contribution is 6.04. The Morgan fingerprint density at radius 3 is 2.29 bits per heavy atom. The quantitative estimate of drug-likeness (QED) is 0.220. The molecule has 0 saturated heterocycles. The molecule has 2 aromatic carbocycles. The molecule has 200 valence electrons. The van der Waals surface area contributed by atoms with Crippen LogP contribution in [0.1, 0.15) is 63.6 Å². The molecule has 0 radical (unpaired) electrons. The Kier molecular flexibility index (Phi) is 8.78. The van der Waals surface area contributed by atoms with Crippen molar-refractivity contribution in [1.29, 1.82) is 0 Å². The molecule has 0 atom stereocenters. The first-order valence-corrected chi connectivity index (χ1v) is 12.7. The second kappa shape index (κ2) is 12.4. The van der Waals surface area contributed by atoms with Gasteiger partial charge in [0.2, 0.25) is 11.6 Å². The van der Waals surface area contributed by atoms with Crippen LogP contribution in [0.2, 0.25) is 0 Å². The zero-order chi connectivity index (χ0) is 27.1. The van der Waals surface area contributed by atoms with Gasteiger partial charge >= 0.3 is 5.97 Å². The summed E-state index contributed by atoms with van der Waals surface area (Å²) in [5.74, 6) is 0.884. The van der Waals surface area contributed by atoms with Crippen molar-refractivity contribution in [2.24, 2.45) is 0 Å². The molecule has 1 aliphatic rings. The molecule has 1 aliphatic carbocycles. The second-order valence-electron chi connectivity index (χ2n) is 9.60. The number of hydrogen-bond donors (Lipinski definition) is 0. The summed E-state index contributed by atoms with van der Waals surface area (Å²) in [4.78, 5) is 26.5. The predicted molar refractivity (Wildman–Crippen MR) is 143 cm³/mol. The number of benzene rings is 2. The Hall–Kier alpha value is -4.14. The van der Waals surface area contributed by atoms with E-state index in [2.05, 4.69) is 10.3 Å². The normalized spacial score (nSPS) is 17.3. The zero-order valence-corrected chi connectivity index (χ0v) is 22.3. The van der Waals surface area contributed by atoms with Gasteiger partial charge in [-0.05, 0) is 54.9 Å². The number of ether oxygens (including phenoxy) is 3. The van der Waals surface area contributed by atoms with Gasteiger partial charge in [-0.25, -0.2) is 9.48 Å². The van der Waals surface area contributed by atoms with Crippen molar-refractivity contribution in [3.8, 4) is 11.6 Å². The van der Waals surface area contributed by atoms with Crippen LogP contribution >= 0.6 is 0 Å². The van der Waals surface area contributed by atoms with Gasteiger partial charge < -0.3 is 19.1 Å². The Balaban J connectivity index is 1.41. The fraction of sp³-hybridized carbons (Fsp3) is 0.379. The average Bonchev–Trinajstić information content (AvgIpc) is 3.33. The summed E-state index contributed by atoms with van der Waals surface area (Å²) in [6, 6.07) is 15.5. The van der Waals surface area contributed by atoms with E-state index >= 15 is 0 Å². The summed E-state index contributed by atoms with van der Waals surface area (Å²) >= 11 is 0. The number of allylic oxidation sites excluding steroid dienone is 1. The molecule has 38 heavy (non-hydrogen) atoms. The molecule has 3 aromatic rings. The number of nitrogens with zero attached hydrogens (tertiary/aromatic N) is 4. The topological polar surface area (TPSA) is 95.8 Å². The number of methoxy groups -OCH3 is 2. The van der Waals surface area contributed by atoms with Gasteiger partial charge in [0.1, 0.15) is 11.9 Å². The number of esters is 1. The number of rotatable bonds is 10. The Labute approximate surface area is 223 Å². The van der Waals surface area contributed by atoms with Gasteiger partial charge in [0, 0.05) is 31.9 Å². The van der Waals surface area contributed by atoms with Crippen LogP contribution in [-0.2, 0) is 11.3 Å². The van der Waals surface area contributed by atoms with Gasteiger partial charge in [0.05, 0.1) is 20.8 Å². The zero-order valence-electron chi connectivity index (χ0n) is 22.3. The maximum atomic E-state index is 12.3. The molecule has 4 rings (SSSR count). The van der Waals surface area contributed by atoms with Crippen molar-refractivity contribution < 1.29 is 23.8 Å². The maximum Gasteiger partial charge on any atom is 0.364 e. The van der Waals surface area contributed by atoms with E-state index in [9.17, 15) is 9.59 Å². The lowest BCUT2D eigenvalue weighted by Crippen LogP contribution is -2.25. The monoisotopic (exact) mass is 518 g/mol. The van der Waals surface area contributed by atoms with E-state index in [-0.39, 0.29) is 17.6 Å². The van der Waals surface area contributed by atoms with Gasteiger partial charge in [0.15, 0.2) is 5.78 Å². The number of ketones is 1. The Morgan fingerprint density at radius 1 is 1.00 bits per heavy atom. The summed E-state index contributed by atoms with van der Waals surface area (Å²) in [5, 5.41) is 8.21. The molecule has 0 bridgehead atoms. The first kappa shape index (κ1) is 26.9. The lowest BCUT2D eigenvalue weighted by molar-refractivity contribution is 0.0580. The van der Waals surface area contributed by atoms with Crippen LogP contribution in [0.25, 0.3) is 0 Å². The molecule has 1 heterocycles. The van der Waals surface area contributed by atoms with Gasteiger partial charge in [-0.2, -0.15) is 0 Å². The lowest BCUT2D eigenvalue weighted by Gasteiger charge is -2.29. The van der Waals surface area contributed by atoms with Crippen LogP contribution in [0.15, 0.2) is 60.8 Å². The molecular formula is C29H34N4O5. The third-order valence-corrected chi connectivity index (χ3v) is 6.70. The van der Waals surface area contributed by atoms with E-state index in [1.165, 1.54) is 12.7 Å². The molecule has 9 nitrogen and oxygen atoms in total.